The van der Waals surface area contributed by atoms with Crippen LogP contribution in [-0.2, 0) is 22.7 Å². The largest absolute Gasteiger partial charge is 0.416 e. The number of sulfonamides is 1. The number of hydrogen-bond acceptors (Lipinski definition) is 6. The molecule has 2 aromatic rings. The van der Waals surface area contributed by atoms with Crippen molar-refractivity contribution in [3.8, 4) is 0 Å². The first-order chi connectivity index (χ1) is 16.0. The quantitative estimate of drug-likeness (QED) is 0.679. The Labute approximate surface area is 196 Å². The van der Waals surface area contributed by atoms with E-state index in [1.807, 2.05) is 4.90 Å². The third-order valence-corrected chi connectivity index (χ3v) is 6.55. The molecule has 13 heteroatoms. The fourth-order valence-corrected chi connectivity index (χ4v) is 4.80. The fraction of sp³-hybridized carbons (Fsp3) is 0.524. The second kappa shape index (κ2) is 9.45. The number of nitrogens with one attached hydrogen (secondary N) is 1. The Balaban J connectivity index is 1.41. The Kier molecular flexibility index (Phi) is 6.76. The average molecular weight is 501 g/mol. The molecule has 0 spiro atoms. The van der Waals surface area contributed by atoms with Crippen LogP contribution in [0.1, 0.15) is 24.0 Å². The molecule has 3 heterocycles. The molecule has 0 saturated carbocycles. The SMILES string of the molecule is CS(=O)(=O)Nc1ccn(C(=O)N2CCN(Cc3cc(C(F)(F)F)ccc3N3CCCC3)CC2)n1. The summed E-state index contributed by atoms with van der Waals surface area (Å²) in [6, 6.07) is 4.96. The smallest absolute Gasteiger partial charge is 0.371 e. The van der Waals surface area contributed by atoms with Gasteiger partial charge in [-0.05, 0) is 36.6 Å². The molecule has 4 rings (SSSR count). The molecule has 0 atom stereocenters. The van der Waals surface area contributed by atoms with Crippen LogP contribution >= 0.6 is 0 Å². The van der Waals surface area contributed by atoms with Crippen molar-refractivity contribution >= 4 is 27.6 Å². The first kappa shape index (κ1) is 24.3. The molecule has 0 radical (unpaired) electrons. The van der Waals surface area contributed by atoms with Crippen molar-refractivity contribution in [3.05, 3.63) is 41.6 Å². The van der Waals surface area contributed by atoms with Crippen LogP contribution in [0.3, 0.4) is 0 Å². The van der Waals surface area contributed by atoms with Crippen LogP contribution < -0.4 is 9.62 Å². The van der Waals surface area contributed by atoms with E-state index in [2.05, 4.69) is 14.7 Å². The lowest BCUT2D eigenvalue weighted by Crippen LogP contribution is -2.49. The summed E-state index contributed by atoms with van der Waals surface area (Å²) in [6.45, 7) is 3.79. The molecule has 2 aliphatic rings. The first-order valence-corrected chi connectivity index (χ1v) is 12.9. The molecule has 1 aromatic heterocycles. The Morgan fingerprint density at radius 1 is 1.06 bits per heavy atom. The van der Waals surface area contributed by atoms with Gasteiger partial charge in [0.25, 0.3) is 0 Å². The summed E-state index contributed by atoms with van der Waals surface area (Å²) in [7, 11) is -3.50. The number of anilines is 2. The summed E-state index contributed by atoms with van der Waals surface area (Å²) in [5, 5.41) is 3.96. The van der Waals surface area contributed by atoms with E-state index >= 15 is 0 Å². The Morgan fingerprint density at radius 3 is 2.35 bits per heavy atom. The van der Waals surface area contributed by atoms with Crippen LogP contribution in [0.4, 0.5) is 29.5 Å². The van der Waals surface area contributed by atoms with E-state index < -0.39 is 27.8 Å². The average Bonchev–Trinajstić information content (AvgIpc) is 3.44. The highest BCUT2D eigenvalue weighted by molar-refractivity contribution is 7.92. The number of carbonyl (C=O) groups is 1. The molecule has 2 fully saturated rings. The number of aromatic nitrogens is 2. The van der Waals surface area contributed by atoms with Crippen LogP contribution in [-0.4, -0.2) is 79.6 Å². The normalized spacial score (nSPS) is 17.9. The molecule has 2 saturated heterocycles. The van der Waals surface area contributed by atoms with Gasteiger partial charge >= 0.3 is 12.2 Å². The molecule has 2 aliphatic heterocycles. The number of amides is 1. The van der Waals surface area contributed by atoms with Crippen molar-refractivity contribution in [1.29, 1.82) is 0 Å². The van der Waals surface area contributed by atoms with Crippen LogP contribution in [0.25, 0.3) is 0 Å². The van der Waals surface area contributed by atoms with Gasteiger partial charge < -0.3 is 9.80 Å². The molecular formula is C21H27F3N6O3S. The van der Waals surface area contributed by atoms with Crippen molar-refractivity contribution in [2.24, 2.45) is 0 Å². The summed E-state index contributed by atoms with van der Waals surface area (Å²) in [5.74, 6) is 0.0495. The van der Waals surface area contributed by atoms with E-state index in [0.717, 1.165) is 48.6 Å². The van der Waals surface area contributed by atoms with Crippen LogP contribution in [0, 0.1) is 0 Å². The highest BCUT2D eigenvalue weighted by Gasteiger charge is 2.32. The summed E-state index contributed by atoms with van der Waals surface area (Å²) in [6.07, 6.45) is 0.0178. The lowest BCUT2D eigenvalue weighted by atomic mass is 10.1. The molecule has 9 nitrogen and oxygen atoms in total. The maximum atomic E-state index is 13.3. The van der Waals surface area contributed by atoms with Crippen molar-refractivity contribution in [1.82, 2.24) is 19.6 Å². The van der Waals surface area contributed by atoms with Gasteiger partial charge in [0.15, 0.2) is 5.82 Å². The summed E-state index contributed by atoms with van der Waals surface area (Å²) < 4.78 is 65.9. The van der Waals surface area contributed by atoms with Gasteiger partial charge in [0, 0.05) is 63.8 Å². The standard InChI is InChI=1S/C21H27F3N6O3S/c1-34(32,33)26-19-6-9-30(25-19)20(31)29-12-10-27(11-13-29)15-16-14-17(21(22,23)24)4-5-18(16)28-7-2-3-8-28/h4-6,9,14H,2-3,7-8,10-13,15H2,1H3,(H,25,26). The number of piperazine rings is 1. The predicted octanol–water partition coefficient (Wildman–Crippen LogP) is 2.66. The van der Waals surface area contributed by atoms with E-state index in [0.29, 0.717) is 38.3 Å². The van der Waals surface area contributed by atoms with E-state index in [-0.39, 0.29) is 5.82 Å². The number of benzene rings is 1. The van der Waals surface area contributed by atoms with E-state index in [1.54, 1.807) is 11.0 Å². The number of halogens is 3. The molecule has 0 unspecified atom stereocenters. The van der Waals surface area contributed by atoms with Crippen molar-refractivity contribution in [2.45, 2.75) is 25.6 Å². The van der Waals surface area contributed by atoms with Crippen LogP contribution in [0.5, 0.6) is 0 Å². The van der Waals surface area contributed by atoms with Crippen molar-refractivity contribution in [2.75, 3.05) is 55.1 Å². The third kappa shape index (κ3) is 5.81. The molecule has 34 heavy (non-hydrogen) atoms. The number of carbonyl (C=O) groups excluding carboxylic acids is 1. The highest BCUT2D eigenvalue weighted by Crippen LogP contribution is 2.34. The topological polar surface area (TPSA) is 90.8 Å². The number of hydrogen-bond donors (Lipinski definition) is 1. The monoisotopic (exact) mass is 500 g/mol. The number of alkyl halides is 3. The fourth-order valence-electron chi connectivity index (χ4n) is 4.31. The maximum Gasteiger partial charge on any atom is 0.416 e. The molecule has 0 aliphatic carbocycles. The number of nitrogens with zero attached hydrogens (tertiary/aromatic N) is 5. The minimum atomic E-state index is -4.40. The van der Waals surface area contributed by atoms with Gasteiger partial charge in [-0.2, -0.15) is 17.9 Å². The second-order valence-electron chi connectivity index (χ2n) is 8.60. The summed E-state index contributed by atoms with van der Waals surface area (Å²) in [4.78, 5) is 18.5. The zero-order valence-corrected chi connectivity index (χ0v) is 19.6. The molecule has 1 aromatic carbocycles. The van der Waals surface area contributed by atoms with Gasteiger partial charge in [-0.15, -0.1) is 5.10 Å². The van der Waals surface area contributed by atoms with E-state index in [4.69, 9.17) is 0 Å². The molecule has 0 bridgehead atoms. The lowest BCUT2D eigenvalue weighted by molar-refractivity contribution is -0.137. The van der Waals surface area contributed by atoms with Gasteiger partial charge in [-0.25, -0.2) is 13.2 Å². The summed E-state index contributed by atoms with van der Waals surface area (Å²) in [5.41, 5.74) is 0.822. The Bertz CT molecular complexity index is 1140. The molecule has 1 N–H and O–H groups in total. The predicted molar refractivity (Wildman–Crippen MR) is 121 cm³/mol. The summed E-state index contributed by atoms with van der Waals surface area (Å²) >= 11 is 0. The zero-order valence-electron chi connectivity index (χ0n) is 18.8. The Hall–Kier alpha value is -2.80. The third-order valence-electron chi connectivity index (χ3n) is 5.97. The van der Waals surface area contributed by atoms with Gasteiger partial charge in [0.05, 0.1) is 11.8 Å². The van der Waals surface area contributed by atoms with Gasteiger partial charge in [-0.1, -0.05) is 0 Å². The van der Waals surface area contributed by atoms with Gasteiger partial charge in [0.2, 0.25) is 10.0 Å². The van der Waals surface area contributed by atoms with E-state index in [1.165, 1.54) is 18.3 Å². The highest BCUT2D eigenvalue weighted by atomic mass is 32.2. The van der Waals surface area contributed by atoms with Crippen molar-refractivity contribution in [3.63, 3.8) is 0 Å². The molecule has 1 amide bonds. The van der Waals surface area contributed by atoms with Crippen LogP contribution in [0.2, 0.25) is 0 Å². The van der Waals surface area contributed by atoms with Gasteiger partial charge in [-0.3, -0.25) is 9.62 Å². The Morgan fingerprint density at radius 2 is 1.74 bits per heavy atom. The first-order valence-electron chi connectivity index (χ1n) is 11.0. The number of rotatable bonds is 5. The minimum absolute atomic E-state index is 0.0495. The molecular weight excluding hydrogens is 473 g/mol. The van der Waals surface area contributed by atoms with E-state index in [9.17, 15) is 26.4 Å². The second-order valence-corrected chi connectivity index (χ2v) is 10.3. The minimum Gasteiger partial charge on any atom is -0.371 e. The zero-order chi connectivity index (χ0) is 24.5. The van der Waals surface area contributed by atoms with Gasteiger partial charge in [0.1, 0.15) is 0 Å². The maximum absolute atomic E-state index is 13.3. The molecule has 186 valence electrons. The van der Waals surface area contributed by atoms with Crippen LogP contribution in [0.15, 0.2) is 30.5 Å². The lowest BCUT2D eigenvalue weighted by Gasteiger charge is -2.35. The van der Waals surface area contributed by atoms with Crippen molar-refractivity contribution < 1.29 is 26.4 Å².